The van der Waals surface area contributed by atoms with Crippen LogP contribution < -0.4 is 4.74 Å². The molecular formula is C13H17NO. The van der Waals surface area contributed by atoms with Gasteiger partial charge in [-0.15, -0.1) is 0 Å². The molecule has 0 heterocycles. The van der Waals surface area contributed by atoms with Crippen LogP contribution in [0.4, 0.5) is 0 Å². The summed E-state index contributed by atoms with van der Waals surface area (Å²) in [5, 5.41) is 8.93. The number of hydrogen-bond donors (Lipinski definition) is 0. The molecule has 2 nitrogen and oxygen atoms in total. The maximum atomic E-state index is 8.93. The van der Waals surface area contributed by atoms with Crippen molar-refractivity contribution < 1.29 is 4.74 Å². The normalized spacial score (nSPS) is 12.3. The van der Waals surface area contributed by atoms with Crippen molar-refractivity contribution in [2.75, 3.05) is 7.11 Å². The molecule has 0 saturated carbocycles. The van der Waals surface area contributed by atoms with Gasteiger partial charge in [-0.25, -0.2) is 0 Å². The smallest absolute Gasteiger partial charge is 0.123 e. The summed E-state index contributed by atoms with van der Waals surface area (Å²) >= 11 is 0. The van der Waals surface area contributed by atoms with Gasteiger partial charge in [0.2, 0.25) is 0 Å². The fourth-order valence-electron chi connectivity index (χ4n) is 1.52. The molecule has 15 heavy (non-hydrogen) atoms. The van der Waals surface area contributed by atoms with Crippen LogP contribution in [0.25, 0.3) is 0 Å². The molecule has 1 aromatic rings. The van der Waals surface area contributed by atoms with Crippen molar-refractivity contribution in [3.63, 3.8) is 0 Å². The Balaban J connectivity index is 3.20. The molecule has 0 aliphatic carbocycles. The van der Waals surface area contributed by atoms with Crippen molar-refractivity contribution in [3.8, 4) is 11.8 Å². The second kappa shape index (κ2) is 4.84. The fourth-order valence-corrected chi connectivity index (χ4v) is 1.52. The Labute approximate surface area is 91.5 Å². The number of benzene rings is 1. The van der Waals surface area contributed by atoms with Crippen LogP contribution in [-0.2, 0) is 0 Å². The Hall–Kier alpha value is -1.49. The molecule has 1 unspecified atom stereocenters. The molecule has 0 aliphatic rings. The van der Waals surface area contributed by atoms with Gasteiger partial charge >= 0.3 is 0 Å². The van der Waals surface area contributed by atoms with Crippen LogP contribution in [0.5, 0.6) is 5.75 Å². The minimum absolute atomic E-state index is 0.126. The molecule has 0 N–H and O–H groups in total. The van der Waals surface area contributed by atoms with Crippen molar-refractivity contribution in [1.29, 1.82) is 5.26 Å². The highest BCUT2D eigenvalue weighted by molar-refractivity contribution is 5.42. The van der Waals surface area contributed by atoms with Crippen molar-refractivity contribution in [3.05, 3.63) is 29.3 Å². The molecule has 0 amide bonds. The molecule has 0 bridgehead atoms. The summed E-state index contributed by atoms with van der Waals surface area (Å²) in [5.41, 5.74) is 2.22. The minimum atomic E-state index is -0.126. The lowest BCUT2D eigenvalue weighted by atomic mass is 9.95. The number of nitrogens with zero attached hydrogens (tertiary/aromatic N) is 1. The summed E-state index contributed by atoms with van der Waals surface area (Å²) in [4.78, 5) is 0. The summed E-state index contributed by atoms with van der Waals surface area (Å²) in [5.74, 6) is 1.15. The van der Waals surface area contributed by atoms with Gasteiger partial charge in [0.05, 0.1) is 19.1 Å². The zero-order valence-corrected chi connectivity index (χ0v) is 9.74. The number of methoxy groups -OCH3 is 1. The average molecular weight is 203 g/mol. The molecule has 0 saturated heterocycles. The van der Waals surface area contributed by atoms with E-state index in [1.807, 2.05) is 13.0 Å². The van der Waals surface area contributed by atoms with E-state index in [2.05, 4.69) is 32.0 Å². The molecule has 1 rings (SSSR count). The number of nitriles is 1. The Morgan fingerprint density at radius 3 is 2.40 bits per heavy atom. The highest BCUT2D eigenvalue weighted by atomic mass is 16.5. The highest BCUT2D eigenvalue weighted by Crippen LogP contribution is 2.29. The first-order valence-corrected chi connectivity index (χ1v) is 5.17. The molecule has 0 aromatic heterocycles. The van der Waals surface area contributed by atoms with E-state index in [0.717, 1.165) is 11.3 Å². The number of ether oxygens (including phenoxy) is 1. The van der Waals surface area contributed by atoms with Gasteiger partial charge in [0, 0.05) is 5.56 Å². The molecule has 0 fully saturated rings. The Kier molecular flexibility index (Phi) is 3.74. The zero-order chi connectivity index (χ0) is 11.4. The largest absolute Gasteiger partial charge is 0.496 e. The van der Waals surface area contributed by atoms with Crippen LogP contribution in [-0.4, -0.2) is 7.11 Å². The van der Waals surface area contributed by atoms with Gasteiger partial charge in [-0.05, 0) is 24.5 Å². The first kappa shape index (κ1) is 11.6. The molecule has 0 radical (unpaired) electrons. The van der Waals surface area contributed by atoms with Crippen LogP contribution >= 0.6 is 0 Å². The minimum Gasteiger partial charge on any atom is -0.496 e. The van der Waals surface area contributed by atoms with Crippen molar-refractivity contribution in [1.82, 2.24) is 0 Å². The Morgan fingerprint density at radius 2 is 1.93 bits per heavy atom. The van der Waals surface area contributed by atoms with E-state index < -0.39 is 0 Å². The second-order valence-electron chi connectivity index (χ2n) is 4.01. The summed E-state index contributed by atoms with van der Waals surface area (Å²) in [6, 6.07) is 8.30. The maximum absolute atomic E-state index is 8.93. The summed E-state index contributed by atoms with van der Waals surface area (Å²) < 4.78 is 5.25. The van der Waals surface area contributed by atoms with E-state index >= 15 is 0 Å². The summed E-state index contributed by atoms with van der Waals surface area (Å²) in [6.45, 7) is 6.17. The van der Waals surface area contributed by atoms with Crippen LogP contribution in [0.15, 0.2) is 18.2 Å². The number of hydrogen-bond acceptors (Lipinski definition) is 2. The Morgan fingerprint density at radius 1 is 1.27 bits per heavy atom. The van der Waals surface area contributed by atoms with E-state index in [9.17, 15) is 0 Å². The van der Waals surface area contributed by atoms with E-state index in [1.165, 1.54) is 5.56 Å². The molecular weight excluding hydrogens is 186 g/mol. The highest BCUT2D eigenvalue weighted by Gasteiger charge is 2.12. The average Bonchev–Trinajstić information content (AvgIpc) is 2.27. The standard InChI is InChI=1S/C13H17NO/c1-9(2)11-5-6-13(15-4)12(7-11)10(3)8-14/h5-7,9-10H,1-4H3. The molecule has 80 valence electrons. The van der Waals surface area contributed by atoms with Gasteiger partial charge in [-0.2, -0.15) is 5.26 Å². The topological polar surface area (TPSA) is 33.0 Å². The van der Waals surface area contributed by atoms with Gasteiger partial charge in [0.15, 0.2) is 0 Å². The summed E-state index contributed by atoms with van der Waals surface area (Å²) in [6.07, 6.45) is 0. The van der Waals surface area contributed by atoms with Crippen LogP contribution in [0.2, 0.25) is 0 Å². The quantitative estimate of drug-likeness (QED) is 0.753. The molecule has 1 aromatic carbocycles. The fraction of sp³-hybridized carbons (Fsp3) is 0.462. The first-order valence-electron chi connectivity index (χ1n) is 5.17. The second-order valence-corrected chi connectivity index (χ2v) is 4.01. The molecule has 0 aliphatic heterocycles. The van der Waals surface area contributed by atoms with Gasteiger partial charge in [0.25, 0.3) is 0 Å². The zero-order valence-electron chi connectivity index (χ0n) is 9.74. The molecule has 0 spiro atoms. The lowest BCUT2D eigenvalue weighted by Gasteiger charge is -2.13. The van der Waals surface area contributed by atoms with E-state index in [1.54, 1.807) is 7.11 Å². The van der Waals surface area contributed by atoms with Gasteiger partial charge in [0.1, 0.15) is 5.75 Å². The van der Waals surface area contributed by atoms with Crippen LogP contribution in [0, 0.1) is 11.3 Å². The first-order chi connectivity index (χ1) is 7.10. The third-order valence-corrected chi connectivity index (χ3v) is 2.58. The Bertz CT molecular complexity index is 377. The van der Waals surface area contributed by atoms with Gasteiger partial charge in [-0.1, -0.05) is 26.0 Å². The van der Waals surface area contributed by atoms with Crippen LogP contribution in [0.1, 0.15) is 43.7 Å². The SMILES string of the molecule is COc1ccc(C(C)C)cc1C(C)C#N. The predicted molar refractivity (Wildman–Crippen MR) is 61.1 cm³/mol. The van der Waals surface area contributed by atoms with E-state index in [0.29, 0.717) is 5.92 Å². The van der Waals surface area contributed by atoms with Crippen molar-refractivity contribution >= 4 is 0 Å². The van der Waals surface area contributed by atoms with Crippen molar-refractivity contribution in [2.24, 2.45) is 0 Å². The predicted octanol–water partition coefficient (Wildman–Crippen LogP) is 3.45. The molecule has 2 heteroatoms. The van der Waals surface area contributed by atoms with Crippen molar-refractivity contribution in [2.45, 2.75) is 32.6 Å². The third-order valence-electron chi connectivity index (χ3n) is 2.58. The van der Waals surface area contributed by atoms with Crippen LogP contribution in [0.3, 0.4) is 0 Å². The lowest BCUT2D eigenvalue weighted by Crippen LogP contribution is -1.98. The van der Waals surface area contributed by atoms with E-state index in [-0.39, 0.29) is 5.92 Å². The van der Waals surface area contributed by atoms with Gasteiger partial charge < -0.3 is 4.74 Å². The maximum Gasteiger partial charge on any atom is 0.123 e. The van der Waals surface area contributed by atoms with E-state index in [4.69, 9.17) is 10.00 Å². The van der Waals surface area contributed by atoms with Gasteiger partial charge in [-0.3, -0.25) is 0 Å². The monoisotopic (exact) mass is 203 g/mol. The third kappa shape index (κ3) is 2.50. The lowest BCUT2D eigenvalue weighted by molar-refractivity contribution is 0.408. The summed E-state index contributed by atoms with van der Waals surface area (Å²) in [7, 11) is 1.64. The number of rotatable bonds is 3. The molecule has 1 atom stereocenters.